The van der Waals surface area contributed by atoms with E-state index in [1.54, 1.807) is 0 Å². The smallest absolute Gasteiger partial charge is 0.324 e. The van der Waals surface area contributed by atoms with Gasteiger partial charge < -0.3 is 9.79 Å². The molecule has 0 aliphatic heterocycles. The third-order valence-electron chi connectivity index (χ3n) is 3.36. The van der Waals surface area contributed by atoms with Crippen molar-refractivity contribution in [2.24, 2.45) is 5.92 Å². The maximum Gasteiger partial charge on any atom is 0.338 e. The Morgan fingerprint density at radius 2 is 1.80 bits per heavy atom. The van der Waals surface area contributed by atoms with Crippen molar-refractivity contribution in [2.45, 2.75) is 51.1 Å². The number of carbonyl (C=O) groups excluding carboxylic acids is 1. The molecular weight excluding hydrogens is 215 g/mol. The minimum atomic E-state index is -4.33. The van der Waals surface area contributed by atoms with Crippen LogP contribution in [-0.4, -0.2) is 20.7 Å². The Hall–Kier alpha value is -0.180. The lowest BCUT2D eigenvalue weighted by Crippen LogP contribution is -2.32. The molecule has 1 rings (SSSR count). The third-order valence-corrected chi connectivity index (χ3v) is 5.07. The van der Waals surface area contributed by atoms with Gasteiger partial charge in [0.2, 0.25) is 0 Å². The Balaban J connectivity index is 2.63. The van der Waals surface area contributed by atoms with Crippen LogP contribution in [0.3, 0.4) is 0 Å². The highest BCUT2D eigenvalue weighted by Gasteiger charge is 2.44. The largest absolute Gasteiger partial charge is 0.338 e. The quantitative estimate of drug-likeness (QED) is 0.730. The Morgan fingerprint density at radius 3 is 2.20 bits per heavy atom. The number of carbonyl (C=O) groups is 1. The first kappa shape index (κ1) is 12.9. The van der Waals surface area contributed by atoms with Crippen LogP contribution in [0.25, 0.3) is 0 Å². The molecule has 0 unspecified atom stereocenters. The summed E-state index contributed by atoms with van der Waals surface area (Å²) in [6, 6.07) is 0. The van der Waals surface area contributed by atoms with E-state index in [2.05, 4.69) is 0 Å². The van der Waals surface area contributed by atoms with Crippen LogP contribution in [0.5, 0.6) is 0 Å². The summed E-state index contributed by atoms with van der Waals surface area (Å²) >= 11 is 0. The molecule has 88 valence electrons. The number of ketones is 1. The van der Waals surface area contributed by atoms with E-state index in [-0.39, 0.29) is 5.78 Å². The summed E-state index contributed by atoms with van der Waals surface area (Å²) in [5, 5.41) is -1.52. The zero-order valence-electron chi connectivity index (χ0n) is 9.27. The van der Waals surface area contributed by atoms with Crippen LogP contribution in [0.2, 0.25) is 0 Å². The standard InChI is InChI=1S/C10H19O4P/c1-10(2,15(12,13)14)9(11)7-8-5-3-4-6-8/h8H,3-7H2,1-2H3,(H2,12,13,14). The fourth-order valence-corrected chi connectivity index (χ4v) is 2.31. The molecule has 0 bridgehead atoms. The summed E-state index contributed by atoms with van der Waals surface area (Å²) in [5.74, 6) is 0.0334. The summed E-state index contributed by atoms with van der Waals surface area (Å²) in [6.45, 7) is 2.68. The molecule has 0 saturated heterocycles. The van der Waals surface area contributed by atoms with E-state index >= 15 is 0 Å². The third kappa shape index (κ3) is 2.90. The molecule has 1 saturated carbocycles. The molecule has 15 heavy (non-hydrogen) atoms. The molecule has 0 spiro atoms. The summed E-state index contributed by atoms with van der Waals surface area (Å²) in [4.78, 5) is 29.9. The summed E-state index contributed by atoms with van der Waals surface area (Å²) < 4.78 is 11.1. The van der Waals surface area contributed by atoms with Crippen LogP contribution in [-0.2, 0) is 9.36 Å². The van der Waals surface area contributed by atoms with E-state index in [1.807, 2.05) is 0 Å². The van der Waals surface area contributed by atoms with Crippen molar-refractivity contribution in [1.29, 1.82) is 0 Å². The lowest BCUT2D eigenvalue weighted by molar-refractivity contribution is -0.122. The van der Waals surface area contributed by atoms with E-state index in [0.717, 1.165) is 25.7 Å². The Morgan fingerprint density at radius 1 is 1.33 bits per heavy atom. The molecule has 1 fully saturated rings. The molecule has 0 heterocycles. The van der Waals surface area contributed by atoms with Crippen molar-refractivity contribution < 1.29 is 19.1 Å². The highest BCUT2D eigenvalue weighted by atomic mass is 31.2. The first-order valence-corrected chi connectivity index (χ1v) is 6.95. The first-order valence-electron chi connectivity index (χ1n) is 5.34. The monoisotopic (exact) mass is 234 g/mol. The van der Waals surface area contributed by atoms with Crippen LogP contribution in [0.1, 0.15) is 46.0 Å². The number of rotatable bonds is 4. The van der Waals surface area contributed by atoms with Gasteiger partial charge in [-0.1, -0.05) is 25.7 Å². The van der Waals surface area contributed by atoms with Crippen LogP contribution in [0.15, 0.2) is 0 Å². The Kier molecular flexibility index (Phi) is 3.75. The second-order valence-electron chi connectivity index (χ2n) is 4.88. The molecule has 4 nitrogen and oxygen atoms in total. The zero-order valence-corrected chi connectivity index (χ0v) is 10.2. The predicted molar refractivity (Wildman–Crippen MR) is 57.7 cm³/mol. The molecule has 0 aromatic carbocycles. The molecule has 0 aromatic heterocycles. The van der Waals surface area contributed by atoms with Crippen molar-refractivity contribution in [1.82, 2.24) is 0 Å². The number of hydrogen-bond donors (Lipinski definition) is 2. The highest BCUT2D eigenvalue weighted by molar-refractivity contribution is 7.54. The van der Waals surface area contributed by atoms with Gasteiger partial charge in [-0.15, -0.1) is 0 Å². The maximum absolute atomic E-state index is 11.8. The average Bonchev–Trinajstić information content (AvgIpc) is 2.54. The predicted octanol–water partition coefficient (Wildman–Crippen LogP) is 2.09. The average molecular weight is 234 g/mol. The van der Waals surface area contributed by atoms with E-state index < -0.39 is 12.8 Å². The lowest BCUT2D eigenvalue weighted by Gasteiger charge is -2.25. The zero-order chi connectivity index (χ0) is 11.7. The van der Waals surface area contributed by atoms with E-state index in [0.29, 0.717) is 12.3 Å². The molecule has 0 amide bonds. The summed E-state index contributed by atoms with van der Waals surface area (Å²) in [5.41, 5.74) is 0. The summed E-state index contributed by atoms with van der Waals surface area (Å²) in [7, 11) is -4.33. The van der Waals surface area contributed by atoms with Crippen molar-refractivity contribution in [3.05, 3.63) is 0 Å². The van der Waals surface area contributed by atoms with Crippen LogP contribution in [0.4, 0.5) is 0 Å². The number of hydrogen-bond acceptors (Lipinski definition) is 2. The van der Waals surface area contributed by atoms with E-state index in [9.17, 15) is 9.36 Å². The fourth-order valence-electron chi connectivity index (χ4n) is 1.89. The Bertz CT molecular complexity index is 286. The van der Waals surface area contributed by atoms with Crippen molar-refractivity contribution in [3.8, 4) is 0 Å². The molecule has 0 aromatic rings. The van der Waals surface area contributed by atoms with E-state index in [4.69, 9.17) is 9.79 Å². The van der Waals surface area contributed by atoms with Crippen LogP contribution >= 0.6 is 7.60 Å². The van der Waals surface area contributed by atoms with Gasteiger partial charge in [0.05, 0.1) is 0 Å². The van der Waals surface area contributed by atoms with Crippen molar-refractivity contribution in [2.75, 3.05) is 0 Å². The van der Waals surface area contributed by atoms with Gasteiger partial charge >= 0.3 is 7.60 Å². The maximum atomic E-state index is 11.8. The summed E-state index contributed by atoms with van der Waals surface area (Å²) in [6.07, 6.45) is 4.62. The molecule has 2 N–H and O–H groups in total. The minimum Gasteiger partial charge on any atom is -0.324 e. The van der Waals surface area contributed by atoms with Crippen LogP contribution < -0.4 is 0 Å². The number of Topliss-reactive ketones (excluding diaryl/α,β-unsaturated/α-hetero) is 1. The SMILES string of the molecule is CC(C)(C(=O)CC1CCCC1)P(=O)(O)O. The molecular formula is C10H19O4P. The normalized spacial score (nSPS) is 19.5. The van der Waals surface area contributed by atoms with E-state index in [1.165, 1.54) is 13.8 Å². The molecule has 5 heteroatoms. The molecule has 1 aliphatic carbocycles. The van der Waals surface area contributed by atoms with Crippen molar-refractivity contribution >= 4 is 13.4 Å². The van der Waals surface area contributed by atoms with Gasteiger partial charge in [0.1, 0.15) is 5.16 Å². The first-order chi connectivity index (χ1) is 6.75. The van der Waals surface area contributed by atoms with Gasteiger partial charge in [0.15, 0.2) is 5.78 Å². The van der Waals surface area contributed by atoms with Gasteiger partial charge in [0, 0.05) is 6.42 Å². The van der Waals surface area contributed by atoms with Gasteiger partial charge in [-0.25, -0.2) is 0 Å². The minimum absolute atomic E-state index is 0.303. The van der Waals surface area contributed by atoms with Gasteiger partial charge in [-0.05, 0) is 19.8 Å². The fraction of sp³-hybridized carbons (Fsp3) is 0.900. The van der Waals surface area contributed by atoms with Gasteiger partial charge in [-0.2, -0.15) is 0 Å². The Labute approximate surface area is 90.2 Å². The lowest BCUT2D eigenvalue weighted by atomic mass is 9.95. The van der Waals surface area contributed by atoms with Crippen molar-refractivity contribution in [3.63, 3.8) is 0 Å². The topological polar surface area (TPSA) is 74.6 Å². The highest BCUT2D eigenvalue weighted by Crippen LogP contribution is 2.51. The van der Waals surface area contributed by atoms with Crippen LogP contribution in [0, 0.1) is 5.92 Å². The molecule has 1 aliphatic rings. The second kappa shape index (κ2) is 4.36. The molecule has 0 atom stereocenters. The van der Waals surface area contributed by atoms with Gasteiger partial charge in [0.25, 0.3) is 0 Å². The van der Waals surface area contributed by atoms with Gasteiger partial charge in [-0.3, -0.25) is 9.36 Å². The molecule has 0 radical (unpaired) electrons. The second-order valence-corrected chi connectivity index (χ2v) is 7.09.